The van der Waals surface area contributed by atoms with Crippen LogP contribution in [0.1, 0.15) is 12.5 Å². The number of benzene rings is 1. The van der Waals surface area contributed by atoms with Crippen molar-refractivity contribution in [1.82, 2.24) is 5.32 Å². The first-order valence-electron chi connectivity index (χ1n) is 6.20. The molecule has 0 heterocycles. The van der Waals surface area contributed by atoms with Crippen molar-refractivity contribution in [2.75, 3.05) is 26.4 Å². The van der Waals surface area contributed by atoms with E-state index in [9.17, 15) is 15.3 Å². The van der Waals surface area contributed by atoms with Gasteiger partial charge in [-0.2, -0.15) is 0 Å². The summed E-state index contributed by atoms with van der Waals surface area (Å²) >= 11 is 6.88. The second kappa shape index (κ2) is 8.31. The van der Waals surface area contributed by atoms with E-state index in [1.54, 1.807) is 0 Å². The van der Waals surface area contributed by atoms with Gasteiger partial charge in [-0.3, -0.25) is 0 Å². The number of rotatable bonds is 8. The van der Waals surface area contributed by atoms with Crippen LogP contribution in [0.3, 0.4) is 0 Å². The lowest BCUT2D eigenvalue weighted by molar-refractivity contribution is 0.0413. The summed E-state index contributed by atoms with van der Waals surface area (Å²) in [6.45, 7) is 1.83. The van der Waals surface area contributed by atoms with Gasteiger partial charge in [0.2, 0.25) is 0 Å². The highest BCUT2D eigenvalue weighted by Gasteiger charge is 2.27. The van der Waals surface area contributed by atoms with Gasteiger partial charge < -0.3 is 25.4 Å². The van der Waals surface area contributed by atoms with Crippen molar-refractivity contribution in [3.05, 3.63) is 26.6 Å². The maximum absolute atomic E-state index is 9.26. The van der Waals surface area contributed by atoms with E-state index in [4.69, 9.17) is 4.74 Å². The minimum atomic E-state index is -1.09. The predicted molar refractivity (Wildman–Crippen MR) is 83.8 cm³/mol. The third-order valence-corrected chi connectivity index (χ3v) is 4.10. The SMILES string of the molecule is CCOc1c(Br)cc(CNC(CO)(CO)CO)cc1Br. The fraction of sp³-hybridized carbons (Fsp3) is 0.538. The zero-order chi connectivity index (χ0) is 15.2. The van der Waals surface area contributed by atoms with Crippen LogP contribution in [0.25, 0.3) is 0 Å². The van der Waals surface area contributed by atoms with Gasteiger partial charge in [-0.1, -0.05) is 0 Å². The zero-order valence-corrected chi connectivity index (χ0v) is 14.4. The molecular weight excluding hydrogens is 394 g/mol. The first-order chi connectivity index (χ1) is 9.51. The van der Waals surface area contributed by atoms with E-state index in [1.807, 2.05) is 19.1 Å². The summed E-state index contributed by atoms with van der Waals surface area (Å²) in [4.78, 5) is 0. The second-order valence-electron chi connectivity index (χ2n) is 4.43. The summed E-state index contributed by atoms with van der Waals surface area (Å²) in [5, 5.41) is 30.7. The van der Waals surface area contributed by atoms with Crippen molar-refractivity contribution in [1.29, 1.82) is 0 Å². The lowest BCUT2D eigenvalue weighted by Crippen LogP contribution is -2.54. The molecule has 4 N–H and O–H groups in total. The normalized spacial score (nSPS) is 11.7. The molecule has 0 aliphatic carbocycles. The Balaban J connectivity index is 2.84. The Kier molecular flexibility index (Phi) is 7.42. The van der Waals surface area contributed by atoms with Crippen molar-refractivity contribution in [3.63, 3.8) is 0 Å². The van der Waals surface area contributed by atoms with E-state index in [-0.39, 0.29) is 19.8 Å². The molecule has 0 bridgehead atoms. The number of hydrogen-bond donors (Lipinski definition) is 4. The minimum Gasteiger partial charge on any atom is -0.492 e. The standard InChI is InChI=1S/C13H19Br2NO4/c1-2-20-12-10(14)3-9(4-11(12)15)5-16-13(6-17,7-18)8-19/h3-4,16-19H,2,5-8H2,1H3. The Morgan fingerprint density at radius 1 is 1.10 bits per heavy atom. The van der Waals surface area contributed by atoms with Crippen LogP contribution in [0.5, 0.6) is 5.75 Å². The lowest BCUT2D eigenvalue weighted by Gasteiger charge is -2.29. The Morgan fingerprint density at radius 2 is 1.60 bits per heavy atom. The molecule has 1 rings (SSSR count). The van der Waals surface area contributed by atoms with E-state index in [0.29, 0.717) is 13.2 Å². The Bertz CT molecular complexity index is 407. The largest absolute Gasteiger partial charge is 0.492 e. The number of nitrogens with one attached hydrogen (secondary N) is 1. The van der Waals surface area contributed by atoms with Crippen LogP contribution < -0.4 is 10.1 Å². The molecular formula is C13H19Br2NO4. The van der Waals surface area contributed by atoms with E-state index in [1.165, 1.54) is 0 Å². The lowest BCUT2D eigenvalue weighted by atomic mass is 10.0. The first kappa shape index (κ1) is 17.9. The van der Waals surface area contributed by atoms with Crippen LogP contribution in [0.4, 0.5) is 0 Å². The molecule has 5 nitrogen and oxygen atoms in total. The maximum Gasteiger partial charge on any atom is 0.147 e. The topological polar surface area (TPSA) is 82.0 Å². The minimum absolute atomic E-state index is 0.348. The van der Waals surface area contributed by atoms with Crippen molar-refractivity contribution >= 4 is 31.9 Å². The molecule has 0 radical (unpaired) electrons. The molecule has 114 valence electrons. The first-order valence-corrected chi connectivity index (χ1v) is 7.79. The summed E-state index contributed by atoms with van der Waals surface area (Å²) in [5.41, 5.74) is -0.163. The summed E-state index contributed by atoms with van der Waals surface area (Å²) in [6.07, 6.45) is 0. The highest BCUT2D eigenvalue weighted by Crippen LogP contribution is 2.34. The molecule has 7 heteroatoms. The molecule has 0 unspecified atom stereocenters. The maximum atomic E-state index is 9.26. The van der Waals surface area contributed by atoms with Crippen LogP contribution in [0, 0.1) is 0 Å². The molecule has 0 aliphatic heterocycles. The van der Waals surface area contributed by atoms with Gasteiger partial charge >= 0.3 is 0 Å². The van der Waals surface area contributed by atoms with Crippen LogP contribution >= 0.6 is 31.9 Å². The zero-order valence-electron chi connectivity index (χ0n) is 11.2. The van der Waals surface area contributed by atoms with Gasteiger partial charge in [0, 0.05) is 6.54 Å². The van der Waals surface area contributed by atoms with Gasteiger partial charge in [0.15, 0.2) is 0 Å². The third kappa shape index (κ3) is 4.41. The van der Waals surface area contributed by atoms with E-state index in [2.05, 4.69) is 37.2 Å². The monoisotopic (exact) mass is 411 g/mol. The molecule has 0 saturated heterocycles. The highest BCUT2D eigenvalue weighted by atomic mass is 79.9. The summed E-state index contributed by atoms with van der Waals surface area (Å²) in [6, 6.07) is 3.78. The van der Waals surface area contributed by atoms with Gasteiger partial charge in [0.25, 0.3) is 0 Å². The molecule has 1 aromatic carbocycles. The van der Waals surface area contributed by atoms with Crippen molar-refractivity contribution < 1.29 is 20.1 Å². The molecule has 0 amide bonds. The quantitative estimate of drug-likeness (QED) is 0.519. The number of aliphatic hydroxyl groups is 3. The number of aliphatic hydroxyl groups excluding tert-OH is 3. The third-order valence-electron chi connectivity index (χ3n) is 2.92. The van der Waals surface area contributed by atoms with Gasteiger partial charge in [0.05, 0.1) is 40.9 Å². The Labute approximate surface area is 135 Å². The molecule has 0 fully saturated rings. The summed E-state index contributed by atoms with van der Waals surface area (Å²) in [5.74, 6) is 0.731. The molecule has 0 atom stereocenters. The molecule has 20 heavy (non-hydrogen) atoms. The molecule has 0 aromatic heterocycles. The van der Waals surface area contributed by atoms with Gasteiger partial charge in [-0.25, -0.2) is 0 Å². The van der Waals surface area contributed by atoms with Gasteiger partial charge in [0.1, 0.15) is 5.75 Å². The van der Waals surface area contributed by atoms with Crippen molar-refractivity contribution in [2.45, 2.75) is 19.0 Å². The van der Waals surface area contributed by atoms with Crippen LogP contribution in [-0.4, -0.2) is 47.3 Å². The van der Waals surface area contributed by atoms with Crippen LogP contribution in [0.15, 0.2) is 21.1 Å². The summed E-state index contributed by atoms with van der Waals surface area (Å²) in [7, 11) is 0. The Hall–Kier alpha value is -0.180. The van der Waals surface area contributed by atoms with Crippen molar-refractivity contribution in [2.24, 2.45) is 0 Å². The molecule has 0 spiro atoms. The van der Waals surface area contributed by atoms with E-state index < -0.39 is 5.54 Å². The van der Waals surface area contributed by atoms with Gasteiger partial charge in [-0.05, 0) is 56.5 Å². The molecule has 1 aromatic rings. The Morgan fingerprint density at radius 3 is 2.00 bits per heavy atom. The fourth-order valence-electron chi connectivity index (χ4n) is 1.60. The highest BCUT2D eigenvalue weighted by molar-refractivity contribution is 9.11. The molecule has 0 saturated carbocycles. The predicted octanol–water partition coefficient (Wildman–Crippen LogP) is 1.42. The van der Waals surface area contributed by atoms with Gasteiger partial charge in [-0.15, -0.1) is 0 Å². The van der Waals surface area contributed by atoms with Crippen LogP contribution in [-0.2, 0) is 6.54 Å². The van der Waals surface area contributed by atoms with E-state index in [0.717, 1.165) is 20.3 Å². The van der Waals surface area contributed by atoms with Crippen molar-refractivity contribution in [3.8, 4) is 5.75 Å². The number of hydrogen-bond acceptors (Lipinski definition) is 5. The number of ether oxygens (including phenoxy) is 1. The van der Waals surface area contributed by atoms with E-state index >= 15 is 0 Å². The average Bonchev–Trinajstić information content (AvgIpc) is 2.45. The second-order valence-corrected chi connectivity index (χ2v) is 6.14. The smallest absolute Gasteiger partial charge is 0.147 e. The average molecular weight is 413 g/mol. The summed E-state index contributed by atoms with van der Waals surface area (Å²) < 4.78 is 7.12. The fourth-order valence-corrected chi connectivity index (χ4v) is 3.11. The molecule has 0 aliphatic rings. The van der Waals surface area contributed by atoms with Crippen LogP contribution in [0.2, 0.25) is 0 Å². The number of halogens is 2.